The van der Waals surface area contributed by atoms with E-state index in [4.69, 9.17) is 10.5 Å². The van der Waals surface area contributed by atoms with E-state index < -0.39 is 17.2 Å². The molecule has 86 valence electrons. The van der Waals surface area contributed by atoms with Crippen molar-refractivity contribution in [1.82, 2.24) is 0 Å². The number of halogens is 2. The van der Waals surface area contributed by atoms with Gasteiger partial charge in [-0.15, -0.1) is 0 Å². The van der Waals surface area contributed by atoms with Crippen LogP contribution in [0.25, 0.3) is 0 Å². The summed E-state index contributed by atoms with van der Waals surface area (Å²) in [4.78, 5) is 0. The van der Waals surface area contributed by atoms with Gasteiger partial charge in [0.1, 0.15) is 17.4 Å². The highest BCUT2D eigenvalue weighted by atomic mass is 19.1. The Hall–Kier alpha value is -1.60. The van der Waals surface area contributed by atoms with Crippen LogP contribution in [0, 0.1) is 23.5 Å². The fourth-order valence-corrected chi connectivity index (χ4v) is 1.01. The largest absolute Gasteiger partial charge is 0.497 e. The van der Waals surface area contributed by atoms with Crippen LogP contribution in [0.15, 0.2) is 12.1 Å². The van der Waals surface area contributed by atoms with Crippen LogP contribution in [0.2, 0.25) is 0 Å². The lowest BCUT2D eigenvalue weighted by atomic mass is 10.1. The monoisotopic (exact) mass is 225 g/mol. The van der Waals surface area contributed by atoms with Crippen molar-refractivity contribution in [3.63, 3.8) is 0 Å². The van der Waals surface area contributed by atoms with E-state index in [9.17, 15) is 8.78 Å². The molecule has 0 aromatic heterocycles. The molecule has 2 nitrogen and oxygen atoms in total. The summed E-state index contributed by atoms with van der Waals surface area (Å²) in [7, 11) is 1.34. The van der Waals surface area contributed by atoms with Crippen molar-refractivity contribution in [2.45, 2.75) is 19.4 Å². The van der Waals surface area contributed by atoms with Crippen LogP contribution in [-0.2, 0) is 0 Å². The molecule has 0 bridgehead atoms. The van der Waals surface area contributed by atoms with E-state index in [1.807, 2.05) is 0 Å². The summed E-state index contributed by atoms with van der Waals surface area (Å²) in [5.41, 5.74) is 4.51. The molecular formula is C12H13F2NO. The minimum atomic E-state index is -0.793. The van der Waals surface area contributed by atoms with Gasteiger partial charge in [-0.1, -0.05) is 11.8 Å². The number of rotatable bonds is 1. The molecule has 2 N–H and O–H groups in total. The molecule has 0 saturated carbocycles. The number of hydrogen-bond acceptors (Lipinski definition) is 2. The normalized spacial score (nSPS) is 10.6. The number of ether oxygens (including phenoxy) is 1. The third kappa shape index (κ3) is 3.21. The lowest BCUT2D eigenvalue weighted by Gasteiger charge is -2.08. The molecule has 0 radical (unpaired) electrons. The Morgan fingerprint density at radius 1 is 1.25 bits per heavy atom. The molecule has 0 aliphatic rings. The predicted octanol–water partition coefficient (Wildman–Crippen LogP) is 2.06. The van der Waals surface area contributed by atoms with E-state index in [1.165, 1.54) is 7.11 Å². The van der Waals surface area contributed by atoms with Crippen LogP contribution < -0.4 is 10.5 Å². The maximum Gasteiger partial charge on any atom is 0.145 e. The molecular weight excluding hydrogens is 212 g/mol. The molecule has 4 heteroatoms. The molecule has 1 rings (SSSR count). The van der Waals surface area contributed by atoms with Crippen LogP contribution in [0.1, 0.15) is 19.4 Å². The smallest absolute Gasteiger partial charge is 0.145 e. The fraction of sp³-hybridized carbons (Fsp3) is 0.333. The fourth-order valence-electron chi connectivity index (χ4n) is 1.01. The third-order valence-electron chi connectivity index (χ3n) is 1.76. The first kappa shape index (κ1) is 12.5. The second-order valence-corrected chi connectivity index (χ2v) is 3.94. The predicted molar refractivity (Wildman–Crippen MR) is 58.1 cm³/mol. The molecule has 0 atom stereocenters. The van der Waals surface area contributed by atoms with Gasteiger partial charge in [-0.25, -0.2) is 8.78 Å². The van der Waals surface area contributed by atoms with Gasteiger partial charge in [0.15, 0.2) is 0 Å². The van der Waals surface area contributed by atoms with Crippen LogP contribution in [0.4, 0.5) is 8.78 Å². The van der Waals surface area contributed by atoms with E-state index in [0.29, 0.717) is 0 Å². The molecule has 0 spiro atoms. The zero-order valence-corrected chi connectivity index (χ0v) is 9.40. The number of methoxy groups -OCH3 is 1. The summed E-state index contributed by atoms with van der Waals surface area (Å²) in [5, 5.41) is 0. The summed E-state index contributed by atoms with van der Waals surface area (Å²) >= 11 is 0. The molecule has 0 aliphatic carbocycles. The van der Waals surface area contributed by atoms with Crippen LogP contribution in [-0.4, -0.2) is 12.6 Å². The molecule has 0 aliphatic heterocycles. The summed E-state index contributed by atoms with van der Waals surface area (Å²) in [5.74, 6) is 3.56. The Morgan fingerprint density at radius 3 is 2.12 bits per heavy atom. The molecule has 0 heterocycles. The first-order valence-corrected chi connectivity index (χ1v) is 4.68. The van der Waals surface area contributed by atoms with Gasteiger partial charge >= 0.3 is 0 Å². The summed E-state index contributed by atoms with van der Waals surface area (Å²) < 4.78 is 31.5. The van der Waals surface area contributed by atoms with Crippen LogP contribution in [0.5, 0.6) is 5.75 Å². The summed E-state index contributed by atoms with van der Waals surface area (Å²) in [6.07, 6.45) is 0. The second kappa shape index (κ2) is 4.50. The van der Waals surface area contributed by atoms with Gasteiger partial charge in [-0.05, 0) is 13.8 Å². The molecule has 1 aromatic rings. The highest BCUT2D eigenvalue weighted by Gasteiger charge is 2.11. The molecule has 0 amide bonds. The van der Waals surface area contributed by atoms with Crippen molar-refractivity contribution in [2.75, 3.05) is 7.11 Å². The highest BCUT2D eigenvalue weighted by molar-refractivity contribution is 5.42. The highest BCUT2D eigenvalue weighted by Crippen LogP contribution is 2.19. The zero-order valence-electron chi connectivity index (χ0n) is 9.40. The van der Waals surface area contributed by atoms with Gasteiger partial charge in [0, 0.05) is 12.1 Å². The second-order valence-electron chi connectivity index (χ2n) is 3.94. The molecule has 16 heavy (non-hydrogen) atoms. The van der Waals surface area contributed by atoms with Crippen LogP contribution in [0.3, 0.4) is 0 Å². The van der Waals surface area contributed by atoms with E-state index in [2.05, 4.69) is 11.8 Å². The number of hydrogen-bond donors (Lipinski definition) is 1. The van der Waals surface area contributed by atoms with E-state index in [-0.39, 0.29) is 11.3 Å². The van der Waals surface area contributed by atoms with Crippen molar-refractivity contribution >= 4 is 0 Å². The van der Waals surface area contributed by atoms with Gasteiger partial charge in [0.2, 0.25) is 0 Å². The third-order valence-corrected chi connectivity index (χ3v) is 1.76. The zero-order chi connectivity index (χ0) is 12.3. The maximum atomic E-state index is 13.4. The van der Waals surface area contributed by atoms with Crippen molar-refractivity contribution in [3.05, 3.63) is 29.3 Å². The molecule has 0 saturated heterocycles. The van der Waals surface area contributed by atoms with Gasteiger partial charge in [0.05, 0.1) is 18.2 Å². The minimum absolute atomic E-state index is 0.118. The van der Waals surface area contributed by atoms with Crippen molar-refractivity contribution in [3.8, 4) is 17.6 Å². The van der Waals surface area contributed by atoms with Gasteiger partial charge in [-0.2, -0.15) is 0 Å². The van der Waals surface area contributed by atoms with Gasteiger partial charge < -0.3 is 10.5 Å². The number of benzene rings is 1. The Labute approximate surface area is 93.4 Å². The first-order chi connectivity index (χ1) is 7.33. The van der Waals surface area contributed by atoms with Crippen LogP contribution >= 0.6 is 0 Å². The average Bonchev–Trinajstić information content (AvgIpc) is 2.14. The van der Waals surface area contributed by atoms with Gasteiger partial charge in [0.25, 0.3) is 0 Å². The van der Waals surface area contributed by atoms with Crippen molar-refractivity contribution in [2.24, 2.45) is 5.73 Å². The Kier molecular flexibility index (Phi) is 3.51. The first-order valence-electron chi connectivity index (χ1n) is 4.68. The quantitative estimate of drug-likeness (QED) is 0.742. The maximum absolute atomic E-state index is 13.4. The Balaban J connectivity index is 3.19. The lowest BCUT2D eigenvalue weighted by Crippen LogP contribution is -2.29. The lowest BCUT2D eigenvalue weighted by molar-refractivity contribution is 0.406. The average molecular weight is 225 g/mol. The van der Waals surface area contributed by atoms with Crippen molar-refractivity contribution in [1.29, 1.82) is 0 Å². The van der Waals surface area contributed by atoms with E-state index in [0.717, 1.165) is 12.1 Å². The standard InChI is InChI=1S/C12H13F2NO/c1-12(2,15)5-4-9-10(13)6-8(16-3)7-11(9)14/h6-7H,15H2,1-3H3. The molecule has 1 aromatic carbocycles. The topological polar surface area (TPSA) is 35.2 Å². The summed E-state index contributed by atoms with van der Waals surface area (Å²) in [6.45, 7) is 3.30. The van der Waals surface area contributed by atoms with E-state index >= 15 is 0 Å². The molecule has 0 unspecified atom stereocenters. The van der Waals surface area contributed by atoms with Gasteiger partial charge in [-0.3, -0.25) is 0 Å². The Bertz CT molecular complexity index is 429. The van der Waals surface area contributed by atoms with Crippen molar-refractivity contribution < 1.29 is 13.5 Å². The molecule has 0 fully saturated rings. The number of nitrogens with two attached hydrogens (primary N) is 1. The van der Waals surface area contributed by atoms with E-state index in [1.54, 1.807) is 13.8 Å². The Morgan fingerprint density at radius 2 is 1.75 bits per heavy atom. The summed E-state index contributed by atoms with van der Waals surface area (Å²) in [6, 6.07) is 2.16. The minimum Gasteiger partial charge on any atom is -0.497 e. The SMILES string of the molecule is COc1cc(F)c(C#CC(C)(C)N)c(F)c1.